The lowest BCUT2D eigenvalue weighted by Gasteiger charge is -2.49. The molecule has 5 heteroatoms. The molecule has 2 heterocycles. The average molecular weight is 415 g/mol. The second-order valence-electron chi connectivity index (χ2n) is 8.21. The SMILES string of the molecule is COc1cc(N2CCN3[C@@H](CCC[C@@H]3c3ccc(OC)c(C)c3C)C2)ccc1Cl. The summed E-state index contributed by atoms with van der Waals surface area (Å²) in [7, 11) is 3.43. The van der Waals surface area contributed by atoms with Gasteiger partial charge in [-0.15, -0.1) is 0 Å². The van der Waals surface area contributed by atoms with E-state index in [4.69, 9.17) is 21.1 Å². The van der Waals surface area contributed by atoms with Crippen LogP contribution >= 0.6 is 11.6 Å². The third-order valence-electron chi connectivity index (χ3n) is 6.80. The molecule has 2 fully saturated rings. The highest BCUT2D eigenvalue weighted by Crippen LogP contribution is 2.40. The van der Waals surface area contributed by atoms with E-state index in [0.717, 1.165) is 31.1 Å². The van der Waals surface area contributed by atoms with Crippen LogP contribution in [0.25, 0.3) is 0 Å². The summed E-state index contributed by atoms with van der Waals surface area (Å²) in [5.74, 6) is 1.73. The normalized spacial score (nSPS) is 22.3. The molecule has 0 aromatic heterocycles. The molecule has 4 rings (SSSR count). The minimum Gasteiger partial charge on any atom is -0.496 e. The Hall–Kier alpha value is -1.91. The Bertz CT molecular complexity index is 885. The summed E-state index contributed by atoms with van der Waals surface area (Å²) < 4.78 is 10.9. The summed E-state index contributed by atoms with van der Waals surface area (Å²) in [6, 6.07) is 11.6. The quantitative estimate of drug-likeness (QED) is 0.669. The van der Waals surface area contributed by atoms with E-state index in [2.05, 4.69) is 47.9 Å². The van der Waals surface area contributed by atoms with Crippen molar-refractivity contribution in [3.63, 3.8) is 0 Å². The van der Waals surface area contributed by atoms with Crippen molar-refractivity contribution in [2.75, 3.05) is 38.8 Å². The first-order valence-corrected chi connectivity index (χ1v) is 10.9. The molecule has 2 aromatic rings. The van der Waals surface area contributed by atoms with Gasteiger partial charge >= 0.3 is 0 Å². The maximum Gasteiger partial charge on any atom is 0.139 e. The lowest BCUT2D eigenvalue weighted by atomic mass is 9.86. The van der Waals surface area contributed by atoms with Crippen molar-refractivity contribution in [3.8, 4) is 11.5 Å². The van der Waals surface area contributed by atoms with Crippen molar-refractivity contribution < 1.29 is 9.47 Å². The number of hydrogen-bond donors (Lipinski definition) is 0. The van der Waals surface area contributed by atoms with Crippen LogP contribution in [0.2, 0.25) is 5.02 Å². The van der Waals surface area contributed by atoms with Crippen LogP contribution in [0.15, 0.2) is 30.3 Å². The van der Waals surface area contributed by atoms with Gasteiger partial charge in [-0.2, -0.15) is 0 Å². The minimum atomic E-state index is 0.500. The molecule has 156 valence electrons. The van der Waals surface area contributed by atoms with Crippen LogP contribution in [0.1, 0.15) is 42.0 Å². The van der Waals surface area contributed by atoms with Gasteiger partial charge in [-0.1, -0.05) is 17.7 Å². The predicted octanol–water partition coefficient (Wildman–Crippen LogP) is 5.39. The van der Waals surface area contributed by atoms with Gasteiger partial charge in [0.25, 0.3) is 0 Å². The Morgan fingerprint density at radius 1 is 0.931 bits per heavy atom. The second-order valence-corrected chi connectivity index (χ2v) is 8.62. The lowest BCUT2D eigenvalue weighted by molar-refractivity contribution is 0.0712. The highest BCUT2D eigenvalue weighted by atomic mass is 35.5. The summed E-state index contributed by atoms with van der Waals surface area (Å²) in [6.45, 7) is 7.56. The first-order chi connectivity index (χ1) is 14.0. The average Bonchev–Trinajstić information content (AvgIpc) is 2.75. The Balaban J connectivity index is 1.55. The van der Waals surface area contributed by atoms with Crippen LogP contribution in [0.3, 0.4) is 0 Å². The molecule has 2 atom stereocenters. The molecule has 0 aliphatic carbocycles. The van der Waals surface area contributed by atoms with Crippen molar-refractivity contribution in [1.82, 2.24) is 4.90 Å². The van der Waals surface area contributed by atoms with Gasteiger partial charge in [-0.3, -0.25) is 4.90 Å². The molecule has 0 N–H and O–H groups in total. The minimum absolute atomic E-state index is 0.500. The molecule has 0 spiro atoms. The molecule has 4 nitrogen and oxygen atoms in total. The first kappa shape index (κ1) is 20.4. The van der Waals surface area contributed by atoms with Crippen LogP contribution < -0.4 is 14.4 Å². The molecular weight excluding hydrogens is 384 g/mol. The van der Waals surface area contributed by atoms with Crippen molar-refractivity contribution in [1.29, 1.82) is 0 Å². The van der Waals surface area contributed by atoms with E-state index in [1.165, 1.54) is 41.6 Å². The van der Waals surface area contributed by atoms with Gasteiger partial charge in [0.1, 0.15) is 11.5 Å². The fourth-order valence-electron chi connectivity index (χ4n) is 5.06. The number of rotatable bonds is 4. The Morgan fingerprint density at radius 3 is 2.48 bits per heavy atom. The number of piperazine rings is 1. The Kier molecular flexibility index (Phi) is 5.93. The van der Waals surface area contributed by atoms with Gasteiger partial charge in [0, 0.05) is 43.5 Å². The number of hydrogen-bond acceptors (Lipinski definition) is 4. The maximum absolute atomic E-state index is 6.22. The van der Waals surface area contributed by atoms with Gasteiger partial charge in [0.15, 0.2) is 0 Å². The lowest BCUT2D eigenvalue weighted by Crippen LogP contribution is -2.56. The maximum atomic E-state index is 6.22. The standard InChI is InChI=1S/C24H31ClN2O2/c1-16-17(2)23(28-3)11-9-20(16)22-7-5-6-19-15-26(12-13-27(19)22)18-8-10-21(25)24(14-18)29-4/h8-11,14,19,22H,5-7,12-13,15H2,1-4H3/t19-,22+/m0/s1. The fourth-order valence-corrected chi connectivity index (χ4v) is 5.26. The molecule has 2 aromatic carbocycles. The third-order valence-corrected chi connectivity index (χ3v) is 7.11. The van der Waals surface area contributed by atoms with Gasteiger partial charge in [-0.05, 0) is 68.0 Å². The van der Waals surface area contributed by atoms with Gasteiger partial charge in [0.2, 0.25) is 0 Å². The zero-order chi connectivity index (χ0) is 20.5. The number of ether oxygens (including phenoxy) is 2. The number of methoxy groups -OCH3 is 2. The second kappa shape index (κ2) is 8.45. The van der Waals surface area contributed by atoms with Gasteiger partial charge in [-0.25, -0.2) is 0 Å². The van der Waals surface area contributed by atoms with E-state index in [1.54, 1.807) is 14.2 Å². The third kappa shape index (κ3) is 3.80. The summed E-state index contributed by atoms with van der Waals surface area (Å²) in [4.78, 5) is 5.22. The first-order valence-electron chi connectivity index (χ1n) is 10.5. The molecule has 0 radical (unpaired) electrons. The van der Waals surface area contributed by atoms with Crippen LogP contribution in [0, 0.1) is 13.8 Å². The van der Waals surface area contributed by atoms with E-state index in [-0.39, 0.29) is 0 Å². The Labute approximate surface area is 179 Å². The van der Waals surface area contributed by atoms with Crippen LogP contribution in [0.5, 0.6) is 11.5 Å². The summed E-state index contributed by atoms with van der Waals surface area (Å²) in [6.07, 6.45) is 3.76. The summed E-state index contributed by atoms with van der Waals surface area (Å²) >= 11 is 6.22. The smallest absolute Gasteiger partial charge is 0.139 e. The summed E-state index contributed by atoms with van der Waals surface area (Å²) in [5.41, 5.74) is 5.30. The number of benzene rings is 2. The monoisotopic (exact) mass is 414 g/mol. The molecule has 2 aliphatic heterocycles. The number of anilines is 1. The van der Waals surface area contributed by atoms with Crippen LogP contribution in [-0.2, 0) is 0 Å². The van der Waals surface area contributed by atoms with Crippen molar-refractivity contribution in [2.45, 2.75) is 45.2 Å². The van der Waals surface area contributed by atoms with Gasteiger partial charge < -0.3 is 14.4 Å². The number of nitrogens with zero attached hydrogens (tertiary/aromatic N) is 2. The predicted molar refractivity (Wildman–Crippen MR) is 120 cm³/mol. The molecule has 0 saturated carbocycles. The number of halogens is 1. The molecule has 0 bridgehead atoms. The van der Waals surface area contributed by atoms with Crippen molar-refractivity contribution in [2.24, 2.45) is 0 Å². The molecule has 2 aliphatic rings. The van der Waals surface area contributed by atoms with E-state index in [9.17, 15) is 0 Å². The number of piperidine rings is 1. The topological polar surface area (TPSA) is 24.9 Å². The van der Waals surface area contributed by atoms with E-state index in [1.807, 2.05) is 6.07 Å². The van der Waals surface area contributed by atoms with Crippen LogP contribution in [0.4, 0.5) is 5.69 Å². The van der Waals surface area contributed by atoms with E-state index >= 15 is 0 Å². The van der Waals surface area contributed by atoms with Crippen molar-refractivity contribution in [3.05, 3.63) is 52.0 Å². The molecule has 29 heavy (non-hydrogen) atoms. The zero-order valence-corrected chi connectivity index (χ0v) is 18.6. The Morgan fingerprint density at radius 2 is 1.72 bits per heavy atom. The van der Waals surface area contributed by atoms with E-state index < -0.39 is 0 Å². The van der Waals surface area contributed by atoms with Crippen molar-refractivity contribution >= 4 is 17.3 Å². The van der Waals surface area contributed by atoms with Gasteiger partial charge in [0.05, 0.1) is 19.2 Å². The highest BCUT2D eigenvalue weighted by molar-refractivity contribution is 6.32. The fraction of sp³-hybridized carbons (Fsp3) is 0.500. The summed E-state index contributed by atoms with van der Waals surface area (Å²) in [5, 5.41) is 0.665. The van der Waals surface area contributed by atoms with Crippen LogP contribution in [-0.4, -0.2) is 44.8 Å². The highest BCUT2D eigenvalue weighted by Gasteiger charge is 2.36. The van der Waals surface area contributed by atoms with E-state index in [0.29, 0.717) is 17.1 Å². The largest absolute Gasteiger partial charge is 0.496 e. The number of fused-ring (bicyclic) bond motifs is 1. The molecule has 0 amide bonds. The molecule has 2 saturated heterocycles. The zero-order valence-electron chi connectivity index (χ0n) is 17.9. The molecular formula is C24H31ClN2O2. The molecule has 0 unspecified atom stereocenters.